The monoisotopic (exact) mass is 361 g/mol. The smallest absolute Gasteiger partial charge is 0.324 e. The maximum atomic E-state index is 12.6. The fraction of sp³-hybridized carbons (Fsp3) is 0.444. The largest absolute Gasteiger partial charge is 0.329 e. The quantitative estimate of drug-likeness (QED) is 0.842. The summed E-state index contributed by atoms with van der Waals surface area (Å²) in [6.45, 7) is 0. The molecule has 7 heteroatoms. The van der Waals surface area contributed by atoms with Crippen molar-refractivity contribution in [1.29, 1.82) is 0 Å². The minimum Gasteiger partial charge on any atom is -0.324 e. The van der Waals surface area contributed by atoms with Gasteiger partial charge in [0.25, 0.3) is 0 Å². The Morgan fingerprint density at radius 2 is 1.80 bits per heavy atom. The Labute approximate surface area is 148 Å². The molecule has 0 bridgehead atoms. The average molecular weight is 361 g/mol. The zero-order valence-electron chi connectivity index (χ0n) is 14.6. The minimum absolute atomic E-state index is 0.0848. The lowest BCUT2D eigenvalue weighted by molar-refractivity contribution is 0.175. The Hall–Kier alpha value is -2.15. The Bertz CT molecular complexity index is 850. The van der Waals surface area contributed by atoms with Crippen molar-refractivity contribution in [2.24, 2.45) is 0 Å². The Morgan fingerprint density at radius 1 is 1.16 bits per heavy atom. The zero-order chi connectivity index (χ0) is 18.0. The predicted molar refractivity (Wildman–Crippen MR) is 96.2 cm³/mol. The maximum Gasteiger partial charge on any atom is 0.329 e. The summed E-state index contributed by atoms with van der Waals surface area (Å²) in [5.74, 6) is 0. The van der Waals surface area contributed by atoms with E-state index in [2.05, 4.69) is 4.98 Å². The van der Waals surface area contributed by atoms with Crippen LogP contribution in [0.4, 0.5) is 4.79 Å². The molecule has 1 amide bonds. The third-order valence-corrected chi connectivity index (χ3v) is 5.93. The molecule has 25 heavy (non-hydrogen) atoms. The summed E-state index contributed by atoms with van der Waals surface area (Å²) in [5.41, 5.74) is 1.42. The van der Waals surface area contributed by atoms with Crippen LogP contribution in [-0.2, 0) is 9.84 Å². The van der Waals surface area contributed by atoms with E-state index in [1.165, 1.54) is 36.4 Å². The van der Waals surface area contributed by atoms with Gasteiger partial charge in [0.2, 0.25) is 0 Å². The summed E-state index contributed by atoms with van der Waals surface area (Å²) in [7, 11) is -1.37. The van der Waals surface area contributed by atoms with Crippen molar-refractivity contribution in [3.63, 3.8) is 0 Å². The second kappa shape index (κ2) is 7.00. The maximum absolute atomic E-state index is 12.6. The van der Waals surface area contributed by atoms with Crippen molar-refractivity contribution < 1.29 is 13.2 Å². The van der Waals surface area contributed by atoms with E-state index in [-0.39, 0.29) is 10.9 Å². The van der Waals surface area contributed by atoms with Crippen molar-refractivity contribution in [2.75, 3.05) is 13.3 Å². The molecule has 2 aromatic rings. The summed E-state index contributed by atoms with van der Waals surface area (Å²) < 4.78 is 24.6. The molecule has 0 radical (unpaired) electrons. The number of carbonyl (C=O) groups excluding carboxylic acids is 1. The molecule has 1 saturated carbocycles. The van der Waals surface area contributed by atoms with Gasteiger partial charge in [0, 0.05) is 31.1 Å². The van der Waals surface area contributed by atoms with E-state index in [0.29, 0.717) is 11.7 Å². The number of amides is 1. The first-order valence-electron chi connectivity index (χ1n) is 8.48. The summed E-state index contributed by atoms with van der Waals surface area (Å²) in [4.78, 5) is 19.0. The molecule has 0 atom stereocenters. The topological polar surface area (TPSA) is 72.3 Å². The lowest BCUT2D eigenvalue weighted by Gasteiger charge is -2.31. The predicted octanol–water partition coefficient (Wildman–Crippen LogP) is 3.19. The second-order valence-corrected chi connectivity index (χ2v) is 8.66. The molecular weight excluding hydrogens is 338 g/mol. The van der Waals surface area contributed by atoms with Gasteiger partial charge in [-0.05, 0) is 25.0 Å². The molecule has 0 N–H and O–H groups in total. The molecule has 134 valence electrons. The fourth-order valence-corrected chi connectivity index (χ4v) is 3.89. The zero-order valence-corrected chi connectivity index (χ0v) is 15.4. The number of hydrogen-bond donors (Lipinski definition) is 0. The first kappa shape index (κ1) is 17.7. The van der Waals surface area contributed by atoms with E-state index in [9.17, 15) is 13.2 Å². The molecule has 1 fully saturated rings. The highest BCUT2D eigenvalue weighted by Crippen LogP contribution is 2.23. The molecule has 6 nitrogen and oxygen atoms in total. The third-order valence-electron chi connectivity index (χ3n) is 4.81. The average Bonchev–Trinajstić information content (AvgIpc) is 3.10. The second-order valence-electron chi connectivity index (χ2n) is 6.65. The van der Waals surface area contributed by atoms with Gasteiger partial charge in [0.05, 0.1) is 10.6 Å². The van der Waals surface area contributed by atoms with E-state index in [1.54, 1.807) is 35.4 Å². The van der Waals surface area contributed by atoms with Crippen LogP contribution in [0.5, 0.6) is 0 Å². The van der Waals surface area contributed by atoms with E-state index in [0.717, 1.165) is 18.4 Å². The molecule has 1 aromatic carbocycles. The Morgan fingerprint density at radius 3 is 2.40 bits per heavy atom. The number of aromatic nitrogens is 2. The SMILES string of the molecule is CN(C(=O)n1cnc(-c2ccc(S(C)(=O)=O)cc2)c1)C1CCCCC1. The van der Waals surface area contributed by atoms with Crippen molar-refractivity contribution in [3.8, 4) is 11.3 Å². The van der Waals surface area contributed by atoms with Crippen LogP contribution in [0.25, 0.3) is 11.3 Å². The van der Waals surface area contributed by atoms with Crippen molar-refractivity contribution >= 4 is 15.9 Å². The van der Waals surface area contributed by atoms with E-state index < -0.39 is 9.84 Å². The Balaban J connectivity index is 1.76. The summed E-state index contributed by atoms with van der Waals surface area (Å²) in [6.07, 6.45) is 10.1. The molecule has 0 spiro atoms. The van der Waals surface area contributed by atoms with Crippen LogP contribution in [0.2, 0.25) is 0 Å². The number of carbonyl (C=O) groups is 1. The lowest BCUT2D eigenvalue weighted by Crippen LogP contribution is -2.40. The molecule has 0 unspecified atom stereocenters. The molecule has 0 aliphatic heterocycles. The highest BCUT2D eigenvalue weighted by Gasteiger charge is 2.23. The summed E-state index contributed by atoms with van der Waals surface area (Å²) >= 11 is 0. The van der Waals surface area contributed by atoms with Crippen molar-refractivity contribution in [3.05, 3.63) is 36.8 Å². The van der Waals surface area contributed by atoms with Gasteiger partial charge < -0.3 is 4.90 Å². The summed E-state index contributed by atoms with van der Waals surface area (Å²) in [5, 5.41) is 0. The Kier molecular flexibility index (Phi) is 4.94. The van der Waals surface area contributed by atoms with Crippen LogP contribution >= 0.6 is 0 Å². The van der Waals surface area contributed by atoms with Crippen molar-refractivity contribution in [1.82, 2.24) is 14.5 Å². The normalized spacial score (nSPS) is 15.9. The molecule has 1 aromatic heterocycles. The fourth-order valence-electron chi connectivity index (χ4n) is 3.26. The minimum atomic E-state index is -3.22. The van der Waals surface area contributed by atoms with Gasteiger partial charge in [-0.25, -0.2) is 18.2 Å². The third kappa shape index (κ3) is 3.92. The highest BCUT2D eigenvalue weighted by atomic mass is 32.2. The molecule has 3 rings (SSSR count). The first-order valence-corrected chi connectivity index (χ1v) is 10.4. The summed E-state index contributed by atoms with van der Waals surface area (Å²) in [6, 6.07) is 6.73. The number of benzene rings is 1. The van der Waals surface area contributed by atoms with Gasteiger partial charge >= 0.3 is 6.03 Å². The number of rotatable bonds is 3. The van der Waals surface area contributed by atoms with Crippen LogP contribution in [0.15, 0.2) is 41.7 Å². The molecular formula is C18H23N3O3S. The van der Waals surface area contributed by atoms with Gasteiger partial charge in [-0.15, -0.1) is 0 Å². The first-order chi connectivity index (χ1) is 11.9. The van der Waals surface area contributed by atoms with Gasteiger partial charge in [-0.1, -0.05) is 31.4 Å². The number of sulfone groups is 1. The van der Waals surface area contributed by atoms with Crippen LogP contribution in [0.3, 0.4) is 0 Å². The van der Waals surface area contributed by atoms with Crippen LogP contribution in [0.1, 0.15) is 32.1 Å². The van der Waals surface area contributed by atoms with E-state index in [1.807, 2.05) is 7.05 Å². The highest BCUT2D eigenvalue weighted by molar-refractivity contribution is 7.90. The molecule has 0 saturated heterocycles. The lowest BCUT2D eigenvalue weighted by atomic mass is 9.95. The standard InChI is InChI=1S/C18H23N3O3S/c1-20(15-6-4-3-5-7-15)18(22)21-12-17(19-13-21)14-8-10-16(11-9-14)25(2,23)24/h8-13,15H,3-7H2,1-2H3. The van der Waals surface area contributed by atoms with Crippen LogP contribution < -0.4 is 0 Å². The van der Waals surface area contributed by atoms with Crippen LogP contribution in [-0.4, -0.2) is 48.2 Å². The van der Waals surface area contributed by atoms with Gasteiger partial charge in [-0.2, -0.15) is 0 Å². The van der Waals surface area contributed by atoms with Gasteiger partial charge in [0.15, 0.2) is 9.84 Å². The van der Waals surface area contributed by atoms with Crippen LogP contribution in [0, 0.1) is 0 Å². The van der Waals surface area contributed by atoms with Gasteiger partial charge in [0.1, 0.15) is 6.33 Å². The van der Waals surface area contributed by atoms with E-state index in [4.69, 9.17) is 0 Å². The molecule has 1 aliphatic rings. The van der Waals surface area contributed by atoms with Gasteiger partial charge in [-0.3, -0.25) is 4.57 Å². The molecule has 1 heterocycles. The molecule has 1 aliphatic carbocycles. The number of imidazole rings is 1. The number of hydrogen-bond acceptors (Lipinski definition) is 4. The van der Waals surface area contributed by atoms with Crippen molar-refractivity contribution in [2.45, 2.75) is 43.0 Å². The van der Waals surface area contributed by atoms with E-state index >= 15 is 0 Å². The number of nitrogens with zero attached hydrogens (tertiary/aromatic N) is 3.